The van der Waals surface area contributed by atoms with E-state index in [-0.39, 0.29) is 47.0 Å². The SMILES string of the molecule is CC(=O)OC[C@H]1C[C@@H](C)CC[C@]1(C)[C@H]1CC[C@]2(C)C(c3ccccc3)=CC[C@H]2[C@@H]1CNC(=O)C(F)(F)F. The number of fused-ring (bicyclic) bond motifs is 1. The molecule has 1 aromatic carbocycles. The largest absolute Gasteiger partial charge is 0.471 e. The number of carbonyl (C=O) groups is 2. The Bertz CT molecular complexity index is 1020. The lowest BCUT2D eigenvalue weighted by molar-refractivity contribution is -0.174. The van der Waals surface area contributed by atoms with Crippen LogP contribution in [0.1, 0.15) is 71.8 Å². The minimum atomic E-state index is -4.90. The van der Waals surface area contributed by atoms with Crippen LogP contribution in [0.3, 0.4) is 0 Å². The van der Waals surface area contributed by atoms with E-state index in [0.29, 0.717) is 12.5 Å². The van der Waals surface area contributed by atoms with Gasteiger partial charge in [-0.3, -0.25) is 9.59 Å². The lowest BCUT2D eigenvalue weighted by Crippen LogP contribution is -2.54. The van der Waals surface area contributed by atoms with Crippen LogP contribution in [-0.4, -0.2) is 31.2 Å². The van der Waals surface area contributed by atoms with E-state index in [1.54, 1.807) is 0 Å². The topological polar surface area (TPSA) is 55.4 Å². The first-order chi connectivity index (χ1) is 17.4. The summed E-state index contributed by atoms with van der Waals surface area (Å²) in [5.74, 6) is -1.40. The van der Waals surface area contributed by atoms with Crippen LogP contribution in [0.25, 0.3) is 5.57 Å². The van der Waals surface area contributed by atoms with Crippen LogP contribution in [0, 0.1) is 40.4 Å². The van der Waals surface area contributed by atoms with Gasteiger partial charge >= 0.3 is 18.1 Å². The molecule has 0 aromatic heterocycles. The molecular weight excluding hydrogens is 479 g/mol. The second kappa shape index (κ2) is 10.5. The molecule has 7 atom stereocenters. The van der Waals surface area contributed by atoms with Crippen molar-refractivity contribution in [2.75, 3.05) is 13.2 Å². The van der Waals surface area contributed by atoms with Crippen molar-refractivity contribution in [1.29, 1.82) is 0 Å². The van der Waals surface area contributed by atoms with E-state index in [1.807, 2.05) is 18.2 Å². The molecule has 1 N–H and O–H groups in total. The van der Waals surface area contributed by atoms with Crippen molar-refractivity contribution >= 4 is 17.4 Å². The number of halogens is 3. The van der Waals surface area contributed by atoms with E-state index in [4.69, 9.17) is 4.74 Å². The van der Waals surface area contributed by atoms with Gasteiger partial charge in [0, 0.05) is 13.5 Å². The number of nitrogens with one attached hydrogen (secondary N) is 1. The average molecular weight is 520 g/mol. The highest BCUT2D eigenvalue weighted by Crippen LogP contribution is 2.64. The Morgan fingerprint density at radius 3 is 2.43 bits per heavy atom. The summed E-state index contributed by atoms with van der Waals surface area (Å²) in [6.45, 7) is 8.47. The number of hydrogen-bond acceptors (Lipinski definition) is 3. The molecule has 0 saturated heterocycles. The van der Waals surface area contributed by atoms with Crippen molar-refractivity contribution < 1.29 is 27.5 Å². The Morgan fingerprint density at radius 1 is 1.08 bits per heavy atom. The molecule has 0 heterocycles. The first-order valence-corrected chi connectivity index (χ1v) is 13.6. The predicted molar refractivity (Wildman–Crippen MR) is 137 cm³/mol. The van der Waals surface area contributed by atoms with E-state index in [1.165, 1.54) is 12.5 Å². The number of allylic oxidation sites excluding steroid dienone is 2. The Morgan fingerprint density at radius 2 is 1.78 bits per heavy atom. The molecule has 2 saturated carbocycles. The number of alkyl halides is 3. The lowest BCUT2D eigenvalue weighted by Gasteiger charge is -2.57. The molecule has 1 amide bonds. The van der Waals surface area contributed by atoms with Crippen molar-refractivity contribution in [3.05, 3.63) is 42.0 Å². The van der Waals surface area contributed by atoms with Crippen molar-refractivity contribution in [2.45, 2.75) is 72.4 Å². The van der Waals surface area contributed by atoms with Crippen molar-refractivity contribution in [2.24, 2.45) is 40.4 Å². The van der Waals surface area contributed by atoms with Crippen molar-refractivity contribution in [3.8, 4) is 0 Å². The second-order valence-electron chi connectivity index (χ2n) is 12.1. The maximum absolute atomic E-state index is 13.2. The first-order valence-electron chi connectivity index (χ1n) is 13.6. The molecule has 1 aromatic rings. The van der Waals surface area contributed by atoms with Crippen LogP contribution in [0.2, 0.25) is 0 Å². The summed E-state index contributed by atoms with van der Waals surface area (Å²) in [7, 11) is 0. The Labute approximate surface area is 218 Å². The summed E-state index contributed by atoms with van der Waals surface area (Å²) in [6.07, 6.45) is 2.87. The molecule has 0 unspecified atom stereocenters. The highest BCUT2D eigenvalue weighted by molar-refractivity contribution is 5.81. The van der Waals surface area contributed by atoms with Crippen LogP contribution in [0.15, 0.2) is 36.4 Å². The van der Waals surface area contributed by atoms with Crippen LogP contribution in [-0.2, 0) is 14.3 Å². The molecule has 0 spiro atoms. The third-order valence-corrected chi connectivity index (χ3v) is 9.99. The summed E-state index contributed by atoms with van der Waals surface area (Å²) in [5, 5.41) is 2.26. The standard InChI is InChI=1S/C30H40F3NO3/c1-19-12-14-28(3,22(16-19)18-37-20(2)35)26-13-15-29(4)24(21-8-6-5-7-9-21)10-11-25(29)23(26)17-34-27(36)30(31,32)33/h5-10,19,22-23,25-26H,11-18H2,1-4H3,(H,34,36)/t19-,22+,23-,25-,26-,28-,29+/m0/s1. The van der Waals surface area contributed by atoms with Crippen LogP contribution >= 0.6 is 0 Å². The number of benzene rings is 1. The van der Waals surface area contributed by atoms with Gasteiger partial charge in [0.15, 0.2) is 0 Å². The van der Waals surface area contributed by atoms with Gasteiger partial charge in [-0.2, -0.15) is 13.2 Å². The molecule has 0 bridgehead atoms. The van der Waals surface area contributed by atoms with Crippen LogP contribution in [0.4, 0.5) is 13.2 Å². The van der Waals surface area contributed by atoms with Crippen LogP contribution < -0.4 is 5.32 Å². The van der Waals surface area contributed by atoms with E-state index in [2.05, 4.69) is 44.3 Å². The fourth-order valence-electron chi connectivity index (χ4n) is 7.93. The predicted octanol–water partition coefficient (Wildman–Crippen LogP) is 6.81. The summed E-state index contributed by atoms with van der Waals surface area (Å²) in [6, 6.07) is 10.2. The Balaban J connectivity index is 1.67. The Hall–Kier alpha value is -2.31. The number of amides is 1. The van der Waals surface area contributed by atoms with Gasteiger partial charge in [0.05, 0.1) is 6.61 Å². The highest BCUT2D eigenvalue weighted by Gasteiger charge is 2.57. The molecule has 4 nitrogen and oxygen atoms in total. The zero-order valence-electron chi connectivity index (χ0n) is 22.4. The monoisotopic (exact) mass is 519 g/mol. The lowest BCUT2D eigenvalue weighted by atomic mass is 9.48. The highest BCUT2D eigenvalue weighted by atomic mass is 19.4. The molecule has 0 radical (unpaired) electrons. The summed E-state index contributed by atoms with van der Waals surface area (Å²) >= 11 is 0. The Kier molecular flexibility index (Phi) is 7.83. The second-order valence-corrected chi connectivity index (χ2v) is 12.1. The normalized spacial score (nSPS) is 35.9. The number of hydrogen-bond donors (Lipinski definition) is 1. The molecule has 4 rings (SSSR count). The van der Waals surface area contributed by atoms with E-state index < -0.39 is 12.1 Å². The first kappa shape index (κ1) is 27.7. The van der Waals surface area contributed by atoms with E-state index in [9.17, 15) is 22.8 Å². The summed E-state index contributed by atoms with van der Waals surface area (Å²) < 4.78 is 45.0. The van der Waals surface area contributed by atoms with Gasteiger partial charge in [0.2, 0.25) is 0 Å². The fraction of sp³-hybridized carbons (Fsp3) is 0.667. The molecule has 204 valence electrons. The van der Waals surface area contributed by atoms with Gasteiger partial charge in [0.25, 0.3) is 0 Å². The molecule has 0 aliphatic heterocycles. The third kappa shape index (κ3) is 5.46. The van der Waals surface area contributed by atoms with Crippen molar-refractivity contribution in [1.82, 2.24) is 5.32 Å². The molecule has 3 aliphatic rings. The number of esters is 1. The number of rotatable bonds is 6. The molecule has 37 heavy (non-hydrogen) atoms. The molecule has 2 fully saturated rings. The zero-order chi connectivity index (χ0) is 27.0. The molecular formula is C30H40F3NO3. The van der Waals surface area contributed by atoms with Gasteiger partial charge in [-0.25, -0.2) is 0 Å². The van der Waals surface area contributed by atoms with E-state index >= 15 is 0 Å². The average Bonchev–Trinajstić information content (AvgIpc) is 3.20. The minimum absolute atomic E-state index is 0.00457. The quantitative estimate of drug-likeness (QED) is 0.420. The van der Waals surface area contributed by atoms with Gasteiger partial charge in [-0.15, -0.1) is 0 Å². The minimum Gasteiger partial charge on any atom is -0.466 e. The van der Waals surface area contributed by atoms with Crippen LogP contribution in [0.5, 0.6) is 0 Å². The maximum Gasteiger partial charge on any atom is 0.471 e. The summed E-state index contributed by atoms with van der Waals surface area (Å²) in [5.41, 5.74) is 2.07. The number of ether oxygens (including phenoxy) is 1. The van der Waals surface area contributed by atoms with Gasteiger partial charge < -0.3 is 10.1 Å². The maximum atomic E-state index is 13.2. The summed E-state index contributed by atoms with van der Waals surface area (Å²) in [4.78, 5) is 23.6. The van der Waals surface area contributed by atoms with Crippen molar-refractivity contribution in [3.63, 3.8) is 0 Å². The van der Waals surface area contributed by atoms with Gasteiger partial charge in [0.1, 0.15) is 0 Å². The smallest absolute Gasteiger partial charge is 0.466 e. The zero-order valence-corrected chi connectivity index (χ0v) is 22.4. The van der Waals surface area contributed by atoms with Gasteiger partial charge in [-0.05, 0) is 83.7 Å². The third-order valence-electron chi connectivity index (χ3n) is 9.99. The van der Waals surface area contributed by atoms with Gasteiger partial charge in [-0.1, -0.05) is 63.6 Å². The van der Waals surface area contributed by atoms with E-state index in [0.717, 1.165) is 44.1 Å². The number of carbonyl (C=O) groups excluding carboxylic acids is 2. The molecule has 7 heteroatoms. The fourth-order valence-corrected chi connectivity index (χ4v) is 7.93. The molecule has 3 aliphatic carbocycles.